The highest BCUT2D eigenvalue weighted by Crippen LogP contribution is 2.28. The maximum Gasteiger partial charge on any atom is 0.412 e. The van der Waals surface area contributed by atoms with Crippen molar-refractivity contribution in [2.45, 2.75) is 32.5 Å². The third-order valence-corrected chi connectivity index (χ3v) is 2.47. The second-order valence-electron chi connectivity index (χ2n) is 5.34. The van der Waals surface area contributed by atoms with Gasteiger partial charge >= 0.3 is 6.09 Å². The minimum absolute atomic E-state index is 0.0954. The Bertz CT molecular complexity index is 469. The molecule has 0 aliphatic rings. The summed E-state index contributed by atoms with van der Waals surface area (Å²) in [7, 11) is 1.49. The van der Waals surface area contributed by atoms with Crippen molar-refractivity contribution in [3.05, 3.63) is 23.8 Å². The van der Waals surface area contributed by atoms with Gasteiger partial charge in [-0.3, -0.25) is 5.32 Å². The SMILES string of the molecule is COc1ccc(C(O)CN)cc1NC(=O)OC(C)(C)C. The Morgan fingerprint density at radius 1 is 1.45 bits per heavy atom. The summed E-state index contributed by atoms with van der Waals surface area (Å²) in [6.45, 7) is 5.42. The summed E-state index contributed by atoms with van der Waals surface area (Å²) in [5, 5.41) is 12.3. The van der Waals surface area contributed by atoms with Crippen molar-refractivity contribution in [1.29, 1.82) is 0 Å². The number of nitrogens with one attached hydrogen (secondary N) is 1. The molecule has 1 amide bonds. The van der Waals surface area contributed by atoms with Crippen LogP contribution in [0.15, 0.2) is 18.2 Å². The number of amides is 1. The number of rotatable bonds is 4. The average Bonchev–Trinajstić information content (AvgIpc) is 2.35. The topological polar surface area (TPSA) is 93.8 Å². The number of benzene rings is 1. The summed E-state index contributed by atoms with van der Waals surface area (Å²) >= 11 is 0. The van der Waals surface area contributed by atoms with Crippen LogP contribution in [0.5, 0.6) is 5.75 Å². The normalized spacial score (nSPS) is 12.7. The Balaban J connectivity index is 2.94. The van der Waals surface area contributed by atoms with E-state index < -0.39 is 17.8 Å². The van der Waals surface area contributed by atoms with E-state index in [0.717, 1.165) is 0 Å². The minimum atomic E-state index is -0.792. The molecule has 20 heavy (non-hydrogen) atoms. The predicted molar refractivity (Wildman–Crippen MR) is 76.9 cm³/mol. The van der Waals surface area contributed by atoms with E-state index in [9.17, 15) is 9.90 Å². The van der Waals surface area contributed by atoms with Crippen LogP contribution in [-0.4, -0.2) is 30.5 Å². The smallest absolute Gasteiger partial charge is 0.412 e. The number of methoxy groups -OCH3 is 1. The van der Waals surface area contributed by atoms with Gasteiger partial charge in [0, 0.05) is 6.54 Å². The first-order valence-corrected chi connectivity index (χ1v) is 6.33. The second-order valence-corrected chi connectivity index (χ2v) is 5.34. The molecule has 1 unspecified atom stereocenters. The molecular weight excluding hydrogens is 260 g/mol. The molecule has 0 radical (unpaired) electrons. The van der Waals surface area contributed by atoms with Crippen molar-refractivity contribution in [3.63, 3.8) is 0 Å². The highest BCUT2D eigenvalue weighted by molar-refractivity contribution is 5.87. The van der Waals surface area contributed by atoms with E-state index >= 15 is 0 Å². The van der Waals surface area contributed by atoms with E-state index in [1.54, 1.807) is 39.0 Å². The fraction of sp³-hybridized carbons (Fsp3) is 0.500. The lowest BCUT2D eigenvalue weighted by atomic mass is 10.1. The number of nitrogens with two attached hydrogens (primary N) is 1. The number of ether oxygens (including phenoxy) is 2. The number of hydrogen-bond donors (Lipinski definition) is 3. The van der Waals surface area contributed by atoms with Crippen LogP contribution in [0.2, 0.25) is 0 Å². The standard InChI is InChI=1S/C14H22N2O4/c1-14(2,3)20-13(18)16-10-7-9(11(17)8-15)5-6-12(10)19-4/h5-7,11,17H,8,15H2,1-4H3,(H,16,18). The van der Waals surface area contributed by atoms with E-state index in [0.29, 0.717) is 17.0 Å². The lowest BCUT2D eigenvalue weighted by molar-refractivity contribution is 0.0635. The van der Waals surface area contributed by atoms with Crippen molar-refractivity contribution < 1.29 is 19.4 Å². The zero-order valence-electron chi connectivity index (χ0n) is 12.3. The number of aliphatic hydroxyl groups is 1. The molecular formula is C14H22N2O4. The van der Waals surface area contributed by atoms with Gasteiger partial charge < -0.3 is 20.3 Å². The molecule has 0 aromatic heterocycles. The monoisotopic (exact) mass is 282 g/mol. The van der Waals surface area contributed by atoms with Crippen LogP contribution in [0.1, 0.15) is 32.4 Å². The fourth-order valence-corrected chi connectivity index (χ4v) is 1.58. The molecule has 1 aromatic carbocycles. The number of anilines is 1. The van der Waals surface area contributed by atoms with Crippen LogP contribution >= 0.6 is 0 Å². The van der Waals surface area contributed by atoms with Gasteiger partial charge in [0.05, 0.1) is 18.9 Å². The van der Waals surface area contributed by atoms with Crippen LogP contribution in [0.25, 0.3) is 0 Å². The summed E-state index contributed by atoms with van der Waals surface area (Å²) in [5.74, 6) is 0.476. The van der Waals surface area contributed by atoms with Crippen LogP contribution in [-0.2, 0) is 4.74 Å². The first-order valence-electron chi connectivity index (χ1n) is 6.33. The van der Waals surface area contributed by atoms with Gasteiger partial charge in [-0.2, -0.15) is 0 Å². The third-order valence-electron chi connectivity index (χ3n) is 2.47. The summed E-state index contributed by atoms with van der Waals surface area (Å²) in [5.41, 5.74) is 5.84. The molecule has 0 bridgehead atoms. The molecule has 0 saturated carbocycles. The minimum Gasteiger partial charge on any atom is -0.495 e. The van der Waals surface area contributed by atoms with Crippen LogP contribution in [0, 0.1) is 0 Å². The molecule has 6 nitrogen and oxygen atoms in total. The van der Waals surface area contributed by atoms with Gasteiger partial charge in [0.25, 0.3) is 0 Å². The molecule has 1 atom stereocenters. The van der Waals surface area contributed by atoms with E-state index in [-0.39, 0.29) is 6.54 Å². The first-order chi connectivity index (χ1) is 9.26. The van der Waals surface area contributed by atoms with Gasteiger partial charge in [-0.05, 0) is 38.5 Å². The van der Waals surface area contributed by atoms with Crippen LogP contribution < -0.4 is 15.8 Å². The maximum absolute atomic E-state index is 11.8. The van der Waals surface area contributed by atoms with E-state index in [4.69, 9.17) is 15.2 Å². The summed E-state index contributed by atoms with van der Waals surface area (Å²) in [6.07, 6.45) is -1.38. The molecule has 1 aromatic rings. The van der Waals surface area contributed by atoms with Crippen molar-refractivity contribution in [1.82, 2.24) is 0 Å². The molecule has 0 fully saturated rings. The maximum atomic E-state index is 11.8. The Morgan fingerprint density at radius 2 is 2.10 bits per heavy atom. The lowest BCUT2D eigenvalue weighted by Crippen LogP contribution is -2.27. The summed E-state index contributed by atoms with van der Waals surface area (Å²) in [6, 6.07) is 4.96. The molecule has 0 saturated heterocycles. The molecule has 112 valence electrons. The van der Waals surface area contributed by atoms with Gasteiger partial charge in [0.2, 0.25) is 0 Å². The Hall–Kier alpha value is -1.79. The Kier molecular flexibility index (Phi) is 5.35. The molecule has 0 heterocycles. The molecule has 0 spiro atoms. The van der Waals surface area contributed by atoms with Gasteiger partial charge in [-0.1, -0.05) is 6.07 Å². The lowest BCUT2D eigenvalue weighted by Gasteiger charge is -2.20. The largest absolute Gasteiger partial charge is 0.495 e. The van der Waals surface area contributed by atoms with Crippen molar-refractivity contribution in [2.75, 3.05) is 19.0 Å². The molecule has 1 rings (SSSR count). The van der Waals surface area contributed by atoms with Crippen LogP contribution in [0.3, 0.4) is 0 Å². The second kappa shape index (κ2) is 6.58. The third kappa shape index (κ3) is 4.71. The van der Waals surface area contributed by atoms with Crippen molar-refractivity contribution in [3.8, 4) is 5.75 Å². The number of aliphatic hydroxyl groups excluding tert-OH is 1. The molecule has 4 N–H and O–H groups in total. The van der Waals surface area contributed by atoms with Gasteiger partial charge in [-0.15, -0.1) is 0 Å². The quantitative estimate of drug-likeness (QED) is 0.785. The zero-order valence-corrected chi connectivity index (χ0v) is 12.3. The van der Waals surface area contributed by atoms with Gasteiger partial charge in [0.15, 0.2) is 0 Å². The van der Waals surface area contributed by atoms with Gasteiger partial charge in [0.1, 0.15) is 11.4 Å². The highest BCUT2D eigenvalue weighted by atomic mass is 16.6. The van der Waals surface area contributed by atoms with Crippen molar-refractivity contribution in [2.24, 2.45) is 5.73 Å². The van der Waals surface area contributed by atoms with E-state index in [2.05, 4.69) is 5.32 Å². The number of carbonyl (C=O) groups is 1. The summed E-state index contributed by atoms with van der Waals surface area (Å²) in [4.78, 5) is 11.8. The Labute approximate surface area is 118 Å². The van der Waals surface area contributed by atoms with Crippen LogP contribution in [0.4, 0.5) is 10.5 Å². The molecule has 6 heteroatoms. The average molecular weight is 282 g/mol. The number of carbonyl (C=O) groups excluding carboxylic acids is 1. The zero-order chi connectivity index (χ0) is 15.3. The van der Waals surface area contributed by atoms with E-state index in [1.807, 2.05) is 0 Å². The predicted octanol–water partition coefficient (Wildman–Crippen LogP) is 2.03. The Morgan fingerprint density at radius 3 is 2.60 bits per heavy atom. The summed E-state index contributed by atoms with van der Waals surface area (Å²) < 4.78 is 10.3. The first kappa shape index (κ1) is 16.3. The molecule has 0 aliphatic carbocycles. The highest BCUT2D eigenvalue weighted by Gasteiger charge is 2.18. The van der Waals surface area contributed by atoms with Gasteiger partial charge in [-0.25, -0.2) is 4.79 Å². The van der Waals surface area contributed by atoms with E-state index in [1.165, 1.54) is 7.11 Å². The van der Waals surface area contributed by atoms with Crippen molar-refractivity contribution >= 4 is 11.8 Å². The molecule has 0 aliphatic heterocycles. The fourth-order valence-electron chi connectivity index (χ4n) is 1.58. The number of hydrogen-bond acceptors (Lipinski definition) is 5.